The van der Waals surface area contributed by atoms with Crippen LogP contribution < -0.4 is 10.0 Å². The Morgan fingerprint density at radius 1 is 1.14 bits per heavy atom. The molecule has 8 heteroatoms. The van der Waals surface area contributed by atoms with Crippen LogP contribution in [0.5, 0.6) is 0 Å². The number of anilines is 1. The zero-order valence-corrected chi connectivity index (χ0v) is 17.5. The van der Waals surface area contributed by atoms with Crippen molar-refractivity contribution < 1.29 is 18.4 Å². The zero-order chi connectivity index (χ0) is 20.5. The number of nitrogens with one attached hydrogen (secondary N) is 2. The van der Waals surface area contributed by atoms with Gasteiger partial charge in [-0.2, -0.15) is 0 Å². The fourth-order valence-corrected chi connectivity index (χ4v) is 4.79. The first-order valence-electron chi connectivity index (χ1n) is 9.77. The molecule has 3 rings (SSSR count). The molecule has 3 N–H and O–H groups in total. The molecule has 7 nitrogen and oxygen atoms in total. The molecule has 0 aromatic heterocycles. The fraction of sp³-hybridized carbons (Fsp3) is 0.600. The molecule has 0 spiro atoms. The van der Waals surface area contributed by atoms with E-state index >= 15 is 0 Å². The van der Waals surface area contributed by atoms with Crippen molar-refractivity contribution >= 4 is 27.3 Å². The molecule has 1 aromatic carbocycles. The number of aryl methyl sites for hydroxylation is 1. The second-order valence-corrected chi connectivity index (χ2v) is 11.2. The molecule has 0 aliphatic heterocycles. The van der Waals surface area contributed by atoms with Gasteiger partial charge in [0.25, 0.3) is 0 Å². The van der Waals surface area contributed by atoms with Gasteiger partial charge in [-0.25, -0.2) is 13.1 Å². The lowest BCUT2D eigenvalue weighted by Crippen LogP contribution is -2.46. The molecule has 0 bridgehead atoms. The molecule has 1 aromatic rings. The summed E-state index contributed by atoms with van der Waals surface area (Å²) >= 11 is 0. The van der Waals surface area contributed by atoms with Crippen LogP contribution in [0.2, 0.25) is 0 Å². The van der Waals surface area contributed by atoms with Crippen molar-refractivity contribution in [2.75, 3.05) is 5.32 Å². The van der Waals surface area contributed by atoms with E-state index in [0.717, 1.165) is 23.2 Å². The minimum atomic E-state index is -3.37. The molecule has 0 unspecified atom stereocenters. The fourth-order valence-electron chi connectivity index (χ4n) is 3.77. The summed E-state index contributed by atoms with van der Waals surface area (Å²) in [4.78, 5) is 12.6. The number of fused-ring (bicyclic) bond motifs is 1. The smallest absolute Gasteiger partial charge is 0.227 e. The summed E-state index contributed by atoms with van der Waals surface area (Å²) in [6.07, 6.45) is 4.15. The third-order valence-corrected chi connectivity index (χ3v) is 7.92. The van der Waals surface area contributed by atoms with Crippen molar-refractivity contribution in [2.24, 2.45) is 11.1 Å². The Kier molecular flexibility index (Phi) is 5.82. The van der Waals surface area contributed by atoms with Gasteiger partial charge in [0, 0.05) is 23.2 Å². The molecule has 28 heavy (non-hydrogen) atoms. The van der Waals surface area contributed by atoms with E-state index in [4.69, 9.17) is 5.21 Å². The molecule has 1 saturated carbocycles. The Balaban J connectivity index is 1.55. The number of benzene rings is 1. The monoisotopic (exact) mass is 407 g/mol. The minimum absolute atomic E-state index is 0.0221. The third kappa shape index (κ3) is 4.38. The summed E-state index contributed by atoms with van der Waals surface area (Å²) in [7, 11) is -3.37. The van der Waals surface area contributed by atoms with E-state index in [2.05, 4.69) is 15.2 Å². The van der Waals surface area contributed by atoms with Gasteiger partial charge in [-0.3, -0.25) is 4.79 Å². The summed E-state index contributed by atoms with van der Waals surface area (Å²) in [6.45, 7) is 5.04. The molecule has 1 amide bonds. The van der Waals surface area contributed by atoms with Gasteiger partial charge in [0.05, 0.1) is 10.5 Å². The summed E-state index contributed by atoms with van der Waals surface area (Å²) in [5.41, 5.74) is 3.44. The van der Waals surface area contributed by atoms with E-state index in [-0.39, 0.29) is 17.9 Å². The number of sulfonamides is 1. The Morgan fingerprint density at radius 3 is 2.43 bits per heavy atom. The van der Waals surface area contributed by atoms with Crippen molar-refractivity contribution in [1.82, 2.24) is 4.72 Å². The number of carbonyl (C=O) groups is 1. The first-order chi connectivity index (χ1) is 13.1. The SMILES string of the molecule is CC(C)(C)S(=O)(=O)N[C@H]1CC[C@H](C(=O)Nc2ccc3c(c2)CCC3=NO)CC1. The van der Waals surface area contributed by atoms with E-state index in [9.17, 15) is 13.2 Å². The molecule has 0 heterocycles. The Bertz CT molecular complexity index is 879. The maximum atomic E-state index is 12.6. The van der Waals surface area contributed by atoms with E-state index in [1.54, 1.807) is 20.8 Å². The normalized spacial score (nSPS) is 24.2. The first-order valence-corrected chi connectivity index (χ1v) is 11.3. The van der Waals surface area contributed by atoms with Crippen LogP contribution >= 0.6 is 0 Å². The standard InChI is InChI=1S/C20H29N3O4S/c1-20(2,3)28(26,27)23-15-7-4-13(5-8-15)19(24)21-16-9-10-17-14(12-16)6-11-18(17)22-25/h9-10,12-13,15,23,25H,4-8,11H2,1-3H3,(H,21,24)/t13-,15-. The van der Waals surface area contributed by atoms with Crippen LogP contribution in [0.15, 0.2) is 23.4 Å². The second-order valence-electron chi connectivity index (χ2n) is 8.69. The van der Waals surface area contributed by atoms with Crippen LogP contribution in [0, 0.1) is 5.92 Å². The molecule has 154 valence electrons. The van der Waals surface area contributed by atoms with Gasteiger partial charge in [-0.15, -0.1) is 0 Å². The van der Waals surface area contributed by atoms with Gasteiger partial charge in [-0.1, -0.05) is 11.2 Å². The highest BCUT2D eigenvalue weighted by atomic mass is 32.2. The number of rotatable bonds is 4. The van der Waals surface area contributed by atoms with Gasteiger partial charge in [0.1, 0.15) is 0 Å². The Morgan fingerprint density at radius 2 is 1.82 bits per heavy atom. The first kappa shape index (κ1) is 20.8. The number of carbonyl (C=O) groups excluding carboxylic acids is 1. The maximum absolute atomic E-state index is 12.6. The summed E-state index contributed by atoms with van der Waals surface area (Å²) in [5.74, 6) is -0.135. The van der Waals surface area contributed by atoms with E-state index < -0.39 is 14.8 Å². The minimum Gasteiger partial charge on any atom is -0.411 e. The largest absolute Gasteiger partial charge is 0.411 e. The number of hydrogen-bond donors (Lipinski definition) is 3. The highest BCUT2D eigenvalue weighted by molar-refractivity contribution is 7.90. The van der Waals surface area contributed by atoms with Gasteiger partial charge in [0.15, 0.2) is 0 Å². The van der Waals surface area contributed by atoms with Crippen molar-refractivity contribution in [2.45, 2.75) is 70.1 Å². The molecule has 0 radical (unpaired) electrons. The van der Waals surface area contributed by atoms with Crippen LogP contribution in [-0.4, -0.2) is 36.0 Å². The number of nitrogens with zero attached hydrogens (tertiary/aromatic N) is 1. The van der Waals surface area contributed by atoms with Crippen molar-refractivity contribution in [3.8, 4) is 0 Å². The lowest BCUT2D eigenvalue weighted by atomic mass is 9.86. The van der Waals surface area contributed by atoms with Crippen molar-refractivity contribution in [3.63, 3.8) is 0 Å². The number of oxime groups is 1. The quantitative estimate of drug-likeness (QED) is 0.527. The molecular formula is C20H29N3O4S. The van der Waals surface area contributed by atoms with E-state index in [1.165, 1.54) is 0 Å². The van der Waals surface area contributed by atoms with Crippen LogP contribution in [0.4, 0.5) is 5.69 Å². The molecule has 1 fully saturated rings. The Labute approximate surface area is 166 Å². The maximum Gasteiger partial charge on any atom is 0.227 e. The lowest BCUT2D eigenvalue weighted by molar-refractivity contribution is -0.120. The summed E-state index contributed by atoms with van der Waals surface area (Å²) in [6, 6.07) is 5.54. The third-order valence-electron chi connectivity index (χ3n) is 5.66. The van der Waals surface area contributed by atoms with Gasteiger partial charge < -0.3 is 10.5 Å². The lowest BCUT2D eigenvalue weighted by Gasteiger charge is -2.30. The summed E-state index contributed by atoms with van der Waals surface area (Å²) in [5, 5.41) is 15.3. The van der Waals surface area contributed by atoms with Crippen LogP contribution in [-0.2, 0) is 21.2 Å². The van der Waals surface area contributed by atoms with Gasteiger partial charge >= 0.3 is 0 Å². The molecule has 2 aliphatic carbocycles. The predicted octanol–water partition coefficient (Wildman–Crippen LogP) is 3.03. The second kappa shape index (κ2) is 7.83. The zero-order valence-electron chi connectivity index (χ0n) is 16.7. The van der Waals surface area contributed by atoms with Crippen LogP contribution in [0.25, 0.3) is 0 Å². The van der Waals surface area contributed by atoms with E-state index in [1.807, 2.05) is 18.2 Å². The van der Waals surface area contributed by atoms with Crippen molar-refractivity contribution in [3.05, 3.63) is 29.3 Å². The van der Waals surface area contributed by atoms with Crippen LogP contribution in [0.1, 0.15) is 64.0 Å². The summed E-state index contributed by atoms with van der Waals surface area (Å²) < 4.78 is 26.6. The number of hydrogen-bond acceptors (Lipinski definition) is 5. The van der Waals surface area contributed by atoms with Crippen molar-refractivity contribution in [1.29, 1.82) is 0 Å². The molecule has 0 saturated heterocycles. The van der Waals surface area contributed by atoms with E-state index in [0.29, 0.717) is 37.8 Å². The molecular weight excluding hydrogens is 378 g/mol. The predicted molar refractivity (Wildman–Crippen MR) is 109 cm³/mol. The Hall–Kier alpha value is -1.93. The number of amides is 1. The molecule has 2 aliphatic rings. The van der Waals surface area contributed by atoms with Gasteiger partial charge in [0.2, 0.25) is 15.9 Å². The topological polar surface area (TPSA) is 108 Å². The highest BCUT2D eigenvalue weighted by Gasteiger charge is 2.34. The average Bonchev–Trinajstić information content (AvgIpc) is 3.03. The van der Waals surface area contributed by atoms with Crippen LogP contribution in [0.3, 0.4) is 0 Å². The highest BCUT2D eigenvalue weighted by Crippen LogP contribution is 2.29. The molecule has 0 atom stereocenters. The van der Waals surface area contributed by atoms with Gasteiger partial charge in [-0.05, 0) is 77.0 Å². The average molecular weight is 408 g/mol.